The first-order valence-electron chi connectivity index (χ1n) is 7.97. The average Bonchev–Trinajstić information content (AvgIpc) is 3.12. The van der Waals surface area contributed by atoms with E-state index in [9.17, 15) is 5.11 Å². The zero-order valence-corrected chi connectivity index (χ0v) is 13.0. The van der Waals surface area contributed by atoms with Crippen LogP contribution in [-0.4, -0.2) is 53.2 Å². The van der Waals surface area contributed by atoms with E-state index in [2.05, 4.69) is 26.6 Å². The van der Waals surface area contributed by atoms with E-state index in [1.165, 1.54) is 44.3 Å². The summed E-state index contributed by atoms with van der Waals surface area (Å²) in [5, 5.41) is 13.8. The topological polar surface area (TPSA) is 26.7 Å². The Balaban J connectivity index is 1.59. The summed E-state index contributed by atoms with van der Waals surface area (Å²) in [6, 6.07) is 3.57. The van der Waals surface area contributed by atoms with Crippen LogP contribution in [-0.2, 0) is 6.54 Å². The van der Waals surface area contributed by atoms with Gasteiger partial charge in [-0.1, -0.05) is 12.8 Å². The van der Waals surface area contributed by atoms with E-state index in [0.717, 1.165) is 25.6 Å². The van der Waals surface area contributed by atoms with E-state index in [0.29, 0.717) is 12.6 Å². The maximum atomic E-state index is 9.38. The van der Waals surface area contributed by atoms with Crippen molar-refractivity contribution in [2.24, 2.45) is 0 Å². The van der Waals surface area contributed by atoms with Gasteiger partial charge in [0, 0.05) is 44.9 Å². The Bertz CT molecular complexity index is 389. The Kier molecular flexibility index (Phi) is 5.10. The van der Waals surface area contributed by atoms with E-state index >= 15 is 0 Å². The lowest BCUT2D eigenvalue weighted by Crippen LogP contribution is -2.55. The predicted octanol–water partition coefficient (Wildman–Crippen LogP) is 2.56. The Hall–Kier alpha value is -0.420. The minimum Gasteiger partial charge on any atom is -0.396 e. The molecule has 4 heteroatoms. The summed E-state index contributed by atoms with van der Waals surface area (Å²) in [4.78, 5) is 5.27. The molecule has 1 saturated heterocycles. The van der Waals surface area contributed by atoms with Gasteiger partial charge in [-0.3, -0.25) is 9.80 Å². The highest BCUT2D eigenvalue weighted by atomic mass is 32.1. The molecule has 3 nitrogen and oxygen atoms in total. The van der Waals surface area contributed by atoms with Gasteiger partial charge in [0.25, 0.3) is 0 Å². The van der Waals surface area contributed by atoms with Gasteiger partial charge in [-0.15, -0.1) is 0 Å². The Labute approximate surface area is 126 Å². The maximum Gasteiger partial charge on any atom is 0.0446 e. The van der Waals surface area contributed by atoms with Gasteiger partial charge < -0.3 is 5.11 Å². The van der Waals surface area contributed by atoms with Crippen molar-refractivity contribution in [1.29, 1.82) is 0 Å². The van der Waals surface area contributed by atoms with Crippen molar-refractivity contribution >= 4 is 11.3 Å². The SMILES string of the molecule is OCC[C@H]1CN(Cc2ccsc2)CCN1C1CCCC1. The largest absolute Gasteiger partial charge is 0.396 e. The zero-order valence-electron chi connectivity index (χ0n) is 12.2. The summed E-state index contributed by atoms with van der Waals surface area (Å²) in [6.45, 7) is 4.87. The van der Waals surface area contributed by atoms with E-state index in [4.69, 9.17) is 0 Å². The first-order valence-corrected chi connectivity index (χ1v) is 8.91. The minimum absolute atomic E-state index is 0.320. The van der Waals surface area contributed by atoms with Crippen LogP contribution >= 0.6 is 11.3 Å². The Morgan fingerprint density at radius 1 is 1.25 bits per heavy atom. The van der Waals surface area contributed by atoms with Crippen LogP contribution in [0.25, 0.3) is 0 Å². The molecule has 20 heavy (non-hydrogen) atoms. The highest BCUT2D eigenvalue weighted by Gasteiger charge is 2.32. The molecule has 2 aliphatic rings. The van der Waals surface area contributed by atoms with Crippen molar-refractivity contribution < 1.29 is 5.11 Å². The quantitative estimate of drug-likeness (QED) is 0.904. The van der Waals surface area contributed by atoms with Crippen LogP contribution in [0.5, 0.6) is 0 Å². The third-order valence-corrected chi connectivity index (χ3v) is 5.59. The van der Waals surface area contributed by atoms with Crippen LogP contribution in [0.15, 0.2) is 16.8 Å². The van der Waals surface area contributed by atoms with Gasteiger partial charge in [-0.25, -0.2) is 0 Å². The molecule has 0 aromatic carbocycles. The molecule has 112 valence electrons. The summed E-state index contributed by atoms with van der Waals surface area (Å²) in [7, 11) is 0. The average molecular weight is 294 g/mol. The molecule has 1 aromatic rings. The number of nitrogens with zero attached hydrogens (tertiary/aromatic N) is 2. The Morgan fingerprint density at radius 2 is 2.10 bits per heavy atom. The number of aliphatic hydroxyl groups is 1. The van der Waals surface area contributed by atoms with Crippen molar-refractivity contribution in [2.45, 2.75) is 50.7 Å². The lowest BCUT2D eigenvalue weighted by Gasteiger charge is -2.44. The van der Waals surface area contributed by atoms with Gasteiger partial charge in [-0.05, 0) is 41.7 Å². The second-order valence-corrected chi connectivity index (χ2v) is 6.99. The number of aliphatic hydroxyl groups excluding tert-OH is 1. The number of rotatable bonds is 5. The third kappa shape index (κ3) is 3.42. The fourth-order valence-electron chi connectivity index (χ4n) is 3.84. The van der Waals surface area contributed by atoms with Crippen LogP contribution in [0, 0.1) is 0 Å². The molecule has 1 saturated carbocycles. The molecular formula is C16H26N2OS. The summed E-state index contributed by atoms with van der Waals surface area (Å²) < 4.78 is 0. The standard InChI is InChI=1S/C16H26N2OS/c19-9-5-16-12-17(11-14-6-10-20-13-14)7-8-18(16)15-3-1-2-4-15/h6,10,13,15-16,19H,1-5,7-9,11-12H2/t16-/m0/s1. The first kappa shape index (κ1) is 14.5. The summed E-state index contributed by atoms with van der Waals surface area (Å²) in [6.07, 6.45) is 6.45. The highest BCUT2D eigenvalue weighted by molar-refractivity contribution is 7.07. The molecule has 2 heterocycles. The molecule has 3 rings (SSSR count). The number of hydrogen-bond donors (Lipinski definition) is 1. The molecule has 0 bridgehead atoms. The number of thiophene rings is 1. The summed E-state index contributed by atoms with van der Waals surface area (Å²) in [5.41, 5.74) is 1.44. The lowest BCUT2D eigenvalue weighted by molar-refractivity contribution is 0.0268. The second kappa shape index (κ2) is 7.03. The third-order valence-electron chi connectivity index (χ3n) is 4.85. The smallest absolute Gasteiger partial charge is 0.0446 e. The van der Waals surface area contributed by atoms with Gasteiger partial charge in [-0.2, -0.15) is 11.3 Å². The van der Waals surface area contributed by atoms with E-state index in [-0.39, 0.29) is 0 Å². The normalized spacial score (nSPS) is 26.4. The molecular weight excluding hydrogens is 268 g/mol. The second-order valence-electron chi connectivity index (χ2n) is 6.21. The van der Waals surface area contributed by atoms with E-state index < -0.39 is 0 Å². The van der Waals surface area contributed by atoms with Crippen molar-refractivity contribution in [2.75, 3.05) is 26.2 Å². The van der Waals surface area contributed by atoms with Crippen LogP contribution in [0.3, 0.4) is 0 Å². The van der Waals surface area contributed by atoms with Gasteiger partial charge in [0.05, 0.1) is 0 Å². The number of hydrogen-bond acceptors (Lipinski definition) is 4. The van der Waals surface area contributed by atoms with Crippen molar-refractivity contribution in [3.63, 3.8) is 0 Å². The van der Waals surface area contributed by atoms with Gasteiger partial charge in [0.2, 0.25) is 0 Å². The zero-order chi connectivity index (χ0) is 13.8. The fourth-order valence-corrected chi connectivity index (χ4v) is 4.50. The van der Waals surface area contributed by atoms with Crippen molar-refractivity contribution in [1.82, 2.24) is 9.80 Å². The van der Waals surface area contributed by atoms with E-state index in [1.807, 2.05) is 0 Å². The summed E-state index contributed by atoms with van der Waals surface area (Å²) in [5.74, 6) is 0. The van der Waals surface area contributed by atoms with Crippen LogP contribution < -0.4 is 0 Å². The molecule has 1 aliphatic heterocycles. The highest BCUT2D eigenvalue weighted by Crippen LogP contribution is 2.28. The lowest BCUT2D eigenvalue weighted by atomic mass is 10.0. The van der Waals surface area contributed by atoms with E-state index in [1.54, 1.807) is 11.3 Å². The molecule has 0 amide bonds. The molecule has 1 aromatic heterocycles. The molecule has 1 atom stereocenters. The minimum atomic E-state index is 0.320. The first-order chi connectivity index (χ1) is 9.86. The van der Waals surface area contributed by atoms with Gasteiger partial charge >= 0.3 is 0 Å². The van der Waals surface area contributed by atoms with Crippen LogP contribution in [0.4, 0.5) is 0 Å². The van der Waals surface area contributed by atoms with Gasteiger partial charge in [0.15, 0.2) is 0 Å². The number of piperazine rings is 1. The molecule has 2 fully saturated rings. The van der Waals surface area contributed by atoms with Crippen molar-refractivity contribution in [3.8, 4) is 0 Å². The summed E-state index contributed by atoms with van der Waals surface area (Å²) >= 11 is 1.78. The maximum absolute atomic E-state index is 9.38. The fraction of sp³-hybridized carbons (Fsp3) is 0.750. The van der Waals surface area contributed by atoms with Crippen LogP contribution in [0.1, 0.15) is 37.7 Å². The predicted molar refractivity (Wildman–Crippen MR) is 84.0 cm³/mol. The molecule has 1 aliphatic carbocycles. The molecule has 0 spiro atoms. The van der Waals surface area contributed by atoms with Crippen LogP contribution in [0.2, 0.25) is 0 Å². The molecule has 0 unspecified atom stereocenters. The Morgan fingerprint density at radius 3 is 2.80 bits per heavy atom. The molecule has 0 radical (unpaired) electrons. The molecule has 1 N–H and O–H groups in total. The monoisotopic (exact) mass is 294 g/mol. The van der Waals surface area contributed by atoms with Crippen molar-refractivity contribution in [3.05, 3.63) is 22.4 Å². The van der Waals surface area contributed by atoms with Gasteiger partial charge in [0.1, 0.15) is 0 Å².